The quantitative estimate of drug-likeness (QED) is 0.786. The summed E-state index contributed by atoms with van der Waals surface area (Å²) >= 11 is 8.78. The zero-order valence-electron chi connectivity index (χ0n) is 8.68. The molecular weight excluding hydrogens is 321 g/mol. The smallest absolute Gasteiger partial charge is 0.387 e. The Balaban J connectivity index is 3.09. The number of hydrogen-bond acceptors (Lipinski definition) is 3. The predicted octanol–water partition coefficient (Wildman–Crippen LogP) is 3.88. The van der Waals surface area contributed by atoms with Crippen molar-refractivity contribution in [2.75, 3.05) is 6.61 Å². The molecule has 0 aliphatic rings. The number of esters is 1. The highest BCUT2D eigenvalue weighted by Crippen LogP contribution is 2.34. The van der Waals surface area contributed by atoms with Crippen molar-refractivity contribution in [1.82, 2.24) is 0 Å². The van der Waals surface area contributed by atoms with E-state index in [1.54, 1.807) is 6.92 Å². The molecule has 94 valence electrons. The van der Waals surface area contributed by atoms with Gasteiger partial charge in [0, 0.05) is 4.47 Å². The van der Waals surface area contributed by atoms with Crippen LogP contribution in [0.15, 0.2) is 16.6 Å². The highest BCUT2D eigenvalue weighted by molar-refractivity contribution is 9.10. The molecule has 1 rings (SSSR count). The first-order valence-electron chi connectivity index (χ1n) is 4.56. The summed E-state index contributed by atoms with van der Waals surface area (Å²) in [4.78, 5) is 11.4. The third kappa shape index (κ3) is 3.81. The van der Waals surface area contributed by atoms with Crippen LogP contribution in [0.1, 0.15) is 17.3 Å². The lowest BCUT2D eigenvalue weighted by atomic mass is 10.2. The van der Waals surface area contributed by atoms with E-state index in [1.165, 1.54) is 6.07 Å². The Bertz CT molecular complexity index is 426. The number of carbonyl (C=O) groups excluding carboxylic acids is 1. The normalized spacial score (nSPS) is 10.5. The number of rotatable bonds is 4. The van der Waals surface area contributed by atoms with Crippen molar-refractivity contribution < 1.29 is 23.0 Å². The lowest BCUT2D eigenvalue weighted by molar-refractivity contribution is -0.0499. The van der Waals surface area contributed by atoms with Gasteiger partial charge in [-0.25, -0.2) is 4.79 Å². The van der Waals surface area contributed by atoms with Crippen molar-refractivity contribution in [2.24, 2.45) is 0 Å². The topological polar surface area (TPSA) is 35.5 Å². The molecule has 0 bridgehead atoms. The monoisotopic (exact) mass is 328 g/mol. The molecule has 0 N–H and O–H groups in total. The minimum atomic E-state index is -3.02. The molecule has 0 amide bonds. The van der Waals surface area contributed by atoms with Crippen LogP contribution in [0.2, 0.25) is 5.02 Å². The second kappa shape index (κ2) is 6.16. The van der Waals surface area contributed by atoms with Gasteiger partial charge < -0.3 is 9.47 Å². The number of halogens is 4. The van der Waals surface area contributed by atoms with Crippen LogP contribution >= 0.6 is 27.5 Å². The molecule has 0 radical (unpaired) electrons. The molecule has 0 fully saturated rings. The third-order valence-corrected chi connectivity index (χ3v) is 2.97. The van der Waals surface area contributed by atoms with Crippen LogP contribution in [0.4, 0.5) is 8.78 Å². The number of ether oxygens (including phenoxy) is 2. The predicted molar refractivity (Wildman–Crippen MR) is 61.7 cm³/mol. The summed E-state index contributed by atoms with van der Waals surface area (Å²) < 4.78 is 33.4. The second-order valence-corrected chi connectivity index (χ2v) is 4.10. The molecular formula is C10H8BrClF2O3. The molecule has 0 spiro atoms. The van der Waals surface area contributed by atoms with Crippen molar-refractivity contribution >= 4 is 33.5 Å². The lowest BCUT2D eigenvalue weighted by Gasteiger charge is -2.10. The molecule has 0 aromatic heterocycles. The van der Waals surface area contributed by atoms with Crippen molar-refractivity contribution in [2.45, 2.75) is 13.5 Å². The van der Waals surface area contributed by atoms with Gasteiger partial charge in [0.05, 0.1) is 17.2 Å². The standard InChI is InChI=1S/C10H8BrClF2O3/c1-2-16-9(15)5-3-6(11)8(12)7(4-5)17-10(13)14/h3-4,10H,2H2,1H3. The van der Waals surface area contributed by atoms with Gasteiger partial charge in [-0.1, -0.05) is 11.6 Å². The highest BCUT2D eigenvalue weighted by atomic mass is 79.9. The molecule has 0 heterocycles. The summed E-state index contributed by atoms with van der Waals surface area (Å²) in [5.41, 5.74) is 0.0822. The fraction of sp³-hybridized carbons (Fsp3) is 0.300. The first-order valence-corrected chi connectivity index (χ1v) is 5.73. The van der Waals surface area contributed by atoms with Gasteiger partial charge in [-0.05, 0) is 35.0 Å². The Labute approximate surface area is 110 Å². The van der Waals surface area contributed by atoms with Crippen molar-refractivity contribution in [3.05, 3.63) is 27.2 Å². The van der Waals surface area contributed by atoms with Crippen LogP contribution in [-0.2, 0) is 4.74 Å². The third-order valence-electron chi connectivity index (χ3n) is 1.72. The van der Waals surface area contributed by atoms with E-state index in [9.17, 15) is 13.6 Å². The minimum Gasteiger partial charge on any atom is -0.462 e. The van der Waals surface area contributed by atoms with Gasteiger partial charge in [-0.3, -0.25) is 0 Å². The summed E-state index contributed by atoms with van der Waals surface area (Å²) in [6, 6.07) is 2.48. The van der Waals surface area contributed by atoms with Crippen LogP contribution in [0.3, 0.4) is 0 Å². The molecule has 0 saturated heterocycles. The Morgan fingerprint density at radius 3 is 2.71 bits per heavy atom. The number of alkyl halides is 2. The number of hydrogen-bond donors (Lipinski definition) is 0. The molecule has 3 nitrogen and oxygen atoms in total. The zero-order valence-corrected chi connectivity index (χ0v) is 11.0. The van der Waals surface area contributed by atoms with E-state index in [2.05, 4.69) is 20.7 Å². The number of benzene rings is 1. The molecule has 1 aromatic rings. The van der Waals surface area contributed by atoms with Crippen LogP contribution in [0, 0.1) is 0 Å². The van der Waals surface area contributed by atoms with Crippen LogP contribution in [-0.4, -0.2) is 19.2 Å². The first kappa shape index (κ1) is 14.2. The van der Waals surface area contributed by atoms with Gasteiger partial charge in [-0.2, -0.15) is 8.78 Å². The van der Waals surface area contributed by atoms with E-state index >= 15 is 0 Å². The fourth-order valence-corrected chi connectivity index (χ4v) is 1.67. The summed E-state index contributed by atoms with van der Waals surface area (Å²) in [5, 5.41) is -0.0293. The Morgan fingerprint density at radius 1 is 1.53 bits per heavy atom. The van der Waals surface area contributed by atoms with Gasteiger partial charge >= 0.3 is 12.6 Å². The van der Waals surface area contributed by atoms with Crippen LogP contribution in [0.25, 0.3) is 0 Å². The van der Waals surface area contributed by atoms with Gasteiger partial charge in [-0.15, -0.1) is 0 Å². The molecule has 0 saturated carbocycles. The minimum absolute atomic E-state index is 0.0293. The zero-order chi connectivity index (χ0) is 13.0. The Hall–Kier alpha value is -0.880. The molecule has 0 aliphatic heterocycles. The van der Waals surface area contributed by atoms with E-state index in [4.69, 9.17) is 16.3 Å². The van der Waals surface area contributed by atoms with E-state index in [1.807, 2.05) is 0 Å². The van der Waals surface area contributed by atoms with Gasteiger partial charge in [0.1, 0.15) is 5.75 Å². The first-order chi connectivity index (χ1) is 7.95. The number of carbonyl (C=O) groups is 1. The molecule has 0 unspecified atom stereocenters. The largest absolute Gasteiger partial charge is 0.462 e. The van der Waals surface area contributed by atoms with Crippen LogP contribution in [0.5, 0.6) is 5.75 Å². The fourth-order valence-electron chi connectivity index (χ4n) is 1.08. The SMILES string of the molecule is CCOC(=O)c1cc(Br)c(Cl)c(OC(F)F)c1. The van der Waals surface area contributed by atoms with E-state index in [0.29, 0.717) is 0 Å². The molecule has 0 aliphatic carbocycles. The van der Waals surface area contributed by atoms with E-state index in [-0.39, 0.29) is 27.4 Å². The van der Waals surface area contributed by atoms with Crippen molar-refractivity contribution in [1.29, 1.82) is 0 Å². The average Bonchev–Trinajstić information content (AvgIpc) is 2.24. The van der Waals surface area contributed by atoms with Gasteiger partial charge in [0.25, 0.3) is 0 Å². The molecule has 1 aromatic carbocycles. The second-order valence-electron chi connectivity index (χ2n) is 2.87. The molecule has 17 heavy (non-hydrogen) atoms. The highest BCUT2D eigenvalue weighted by Gasteiger charge is 2.16. The Kier molecular flexibility index (Phi) is 5.14. The summed E-state index contributed by atoms with van der Waals surface area (Å²) in [6.45, 7) is -1.19. The lowest BCUT2D eigenvalue weighted by Crippen LogP contribution is -2.07. The summed E-state index contributed by atoms with van der Waals surface area (Å²) in [5.74, 6) is -0.914. The molecule has 7 heteroatoms. The Morgan fingerprint density at radius 2 is 2.18 bits per heavy atom. The van der Waals surface area contributed by atoms with Crippen LogP contribution < -0.4 is 4.74 Å². The maximum atomic E-state index is 12.1. The van der Waals surface area contributed by atoms with Gasteiger partial charge in [0.15, 0.2) is 0 Å². The van der Waals surface area contributed by atoms with Crippen molar-refractivity contribution in [3.8, 4) is 5.75 Å². The van der Waals surface area contributed by atoms with E-state index in [0.717, 1.165) is 6.07 Å². The van der Waals surface area contributed by atoms with E-state index < -0.39 is 12.6 Å². The van der Waals surface area contributed by atoms with Crippen molar-refractivity contribution in [3.63, 3.8) is 0 Å². The molecule has 0 atom stereocenters. The maximum Gasteiger partial charge on any atom is 0.387 e. The summed E-state index contributed by atoms with van der Waals surface area (Å²) in [6.07, 6.45) is 0. The van der Waals surface area contributed by atoms with Gasteiger partial charge in [0.2, 0.25) is 0 Å². The maximum absolute atomic E-state index is 12.1. The average molecular weight is 330 g/mol. The summed E-state index contributed by atoms with van der Waals surface area (Å²) in [7, 11) is 0.